The van der Waals surface area contributed by atoms with E-state index in [1.165, 1.54) is 0 Å². The van der Waals surface area contributed by atoms with Crippen LogP contribution in [0.1, 0.15) is 5.69 Å². The molecule has 0 aromatic carbocycles. The highest BCUT2D eigenvalue weighted by molar-refractivity contribution is 5.69. The van der Waals surface area contributed by atoms with E-state index in [4.69, 9.17) is 4.74 Å². The van der Waals surface area contributed by atoms with Crippen LogP contribution in [0.4, 0.5) is 11.4 Å². The Bertz CT molecular complexity index is 837. The number of rotatable bonds is 3. The second-order valence-electron chi connectivity index (χ2n) is 5.80. The van der Waals surface area contributed by atoms with Gasteiger partial charge in [-0.05, 0) is 19.1 Å². The van der Waals surface area contributed by atoms with E-state index in [1.807, 2.05) is 19.2 Å². The van der Waals surface area contributed by atoms with Gasteiger partial charge >= 0.3 is 0 Å². The highest BCUT2D eigenvalue weighted by atomic mass is 16.5. The molecule has 0 amide bonds. The van der Waals surface area contributed by atoms with Crippen molar-refractivity contribution >= 4 is 17.0 Å². The molecule has 0 bridgehead atoms. The van der Waals surface area contributed by atoms with Crippen LogP contribution in [0.2, 0.25) is 0 Å². The molecule has 0 aliphatic carbocycles. The van der Waals surface area contributed by atoms with Gasteiger partial charge in [0.2, 0.25) is 11.5 Å². The Morgan fingerprint density at radius 1 is 1.08 bits per heavy atom. The summed E-state index contributed by atoms with van der Waals surface area (Å²) in [6, 6.07) is 6.02. The lowest BCUT2D eigenvalue weighted by Crippen LogP contribution is -2.46. The predicted molar refractivity (Wildman–Crippen MR) is 90.7 cm³/mol. The maximum Gasteiger partial charge on any atom is 0.213 e. The van der Waals surface area contributed by atoms with E-state index < -0.39 is 0 Å². The third-order valence-corrected chi connectivity index (χ3v) is 4.29. The molecule has 0 spiro atoms. The predicted octanol–water partition coefficient (Wildman–Crippen LogP) is 1.16. The van der Waals surface area contributed by atoms with Crippen molar-refractivity contribution in [3.63, 3.8) is 0 Å². The van der Waals surface area contributed by atoms with Gasteiger partial charge in [0.05, 0.1) is 30.4 Å². The summed E-state index contributed by atoms with van der Waals surface area (Å²) >= 11 is 0. The lowest BCUT2D eigenvalue weighted by Gasteiger charge is -2.37. The van der Waals surface area contributed by atoms with Gasteiger partial charge in [-0.25, -0.2) is 4.98 Å². The van der Waals surface area contributed by atoms with Crippen LogP contribution in [0.25, 0.3) is 5.65 Å². The molecule has 1 aliphatic rings. The third-order valence-electron chi connectivity index (χ3n) is 4.29. The maximum atomic E-state index is 5.12. The van der Waals surface area contributed by atoms with Gasteiger partial charge in [0, 0.05) is 32.2 Å². The molecular formula is C16H19N7O. The van der Waals surface area contributed by atoms with Crippen LogP contribution in [-0.4, -0.2) is 58.1 Å². The highest BCUT2D eigenvalue weighted by Crippen LogP contribution is 2.24. The number of methoxy groups -OCH3 is 1. The number of anilines is 2. The van der Waals surface area contributed by atoms with E-state index in [2.05, 4.69) is 42.2 Å². The van der Waals surface area contributed by atoms with Crippen LogP contribution >= 0.6 is 0 Å². The zero-order chi connectivity index (χ0) is 16.5. The summed E-state index contributed by atoms with van der Waals surface area (Å²) in [4.78, 5) is 8.96. The fourth-order valence-corrected chi connectivity index (χ4v) is 3.05. The number of hydrogen-bond acceptors (Lipinski definition) is 7. The second-order valence-corrected chi connectivity index (χ2v) is 5.80. The molecule has 0 unspecified atom stereocenters. The molecule has 0 radical (unpaired) electrons. The lowest BCUT2D eigenvalue weighted by molar-refractivity contribution is 0.398. The zero-order valence-electron chi connectivity index (χ0n) is 13.8. The van der Waals surface area contributed by atoms with Crippen LogP contribution in [0.15, 0.2) is 30.7 Å². The molecule has 4 heterocycles. The molecule has 0 saturated carbocycles. The molecule has 3 aromatic rings. The molecule has 0 N–H and O–H groups in total. The molecule has 1 fully saturated rings. The minimum atomic E-state index is 0.638. The molecular weight excluding hydrogens is 306 g/mol. The Labute approximate surface area is 139 Å². The van der Waals surface area contributed by atoms with Crippen molar-refractivity contribution in [2.45, 2.75) is 6.92 Å². The van der Waals surface area contributed by atoms with Crippen molar-refractivity contribution in [2.75, 3.05) is 43.1 Å². The van der Waals surface area contributed by atoms with Crippen LogP contribution in [0.3, 0.4) is 0 Å². The largest absolute Gasteiger partial charge is 0.481 e. The number of pyridine rings is 1. The Kier molecular flexibility index (Phi) is 3.64. The van der Waals surface area contributed by atoms with Crippen LogP contribution in [-0.2, 0) is 0 Å². The summed E-state index contributed by atoms with van der Waals surface area (Å²) < 4.78 is 6.86. The van der Waals surface area contributed by atoms with Crippen molar-refractivity contribution in [3.8, 4) is 5.88 Å². The Balaban J connectivity index is 1.51. The number of piperazine rings is 1. The fourth-order valence-electron chi connectivity index (χ4n) is 3.05. The number of aromatic nitrogens is 5. The number of fused-ring (bicyclic) bond motifs is 1. The first-order valence-electron chi connectivity index (χ1n) is 7.92. The average Bonchev–Trinajstić information content (AvgIpc) is 3.09. The number of ether oxygens (including phenoxy) is 1. The van der Waals surface area contributed by atoms with Gasteiger partial charge in [-0.1, -0.05) is 0 Å². The minimum Gasteiger partial charge on any atom is -0.481 e. The molecule has 3 aromatic heterocycles. The first-order valence-corrected chi connectivity index (χ1v) is 7.92. The number of hydrogen-bond donors (Lipinski definition) is 0. The smallest absolute Gasteiger partial charge is 0.213 e. The van der Waals surface area contributed by atoms with Crippen molar-refractivity contribution in [2.24, 2.45) is 0 Å². The van der Waals surface area contributed by atoms with E-state index in [-0.39, 0.29) is 0 Å². The molecule has 4 rings (SSSR count). The summed E-state index contributed by atoms with van der Waals surface area (Å²) in [5.41, 5.74) is 3.97. The molecule has 1 aliphatic heterocycles. The minimum absolute atomic E-state index is 0.638. The molecule has 24 heavy (non-hydrogen) atoms. The van der Waals surface area contributed by atoms with Gasteiger partial charge < -0.3 is 14.5 Å². The fraction of sp³-hybridized carbons (Fsp3) is 0.375. The summed E-state index contributed by atoms with van der Waals surface area (Å²) in [5, 5.41) is 12.6. The first kappa shape index (κ1) is 14.7. The third kappa shape index (κ3) is 2.60. The monoisotopic (exact) mass is 325 g/mol. The Hall–Kier alpha value is -2.90. The summed E-state index contributed by atoms with van der Waals surface area (Å²) in [6.07, 6.45) is 3.51. The first-order chi connectivity index (χ1) is 11.7. The number of nitrogens with zero attached hydrogens (tertiary/aromatic N) is 7. The topological polar surface area (TPSA) is 71.7 Å². The van der Waals surface area contributed by atoms with Gasteiger partial charge in [0.1, 0.15) is 6.33 Å². The average molecular weight is 325 g/mol. The Morgan fingerprint density at radius 3 is 2.58 bits per heavy atom. The van der Waals surface area contributed by atoms with Crippen molar-refractivity contribution in [1.82, 2.24) is 24.8 Å². The van der Waals surface area contributed by atoms with Crippen LogP contribution in [0, 0.1) is 6.92 Å². The number of aryl methyl sites for hydroxylation is 1. The van der Waals surface area contributed by atoms with Gasteiger partial charge in [-0.15, -0.1) is 10.2 Å². The van der Waals surface area contributed by atoms with Crippen molar-refractivity contribution < 1.29 is 4.74 Å². The van der Waals surface area contributed by atoms with Crippen LogP contribution < -0.4 is 14.5 Å². The SMILES string of the molecule is COc1ccc(N2CCN(c3cc(C)nn4cnnc34)CC2)cn1. The molecule has 8 nitrogen and oxygen atoms in total. The summed E-state index contributed by atoms with van der Waals surface area (Å²) in [5.74, 6) is 0.638. The zero-order valence-corrected chi connectivity index (χ0v) is 13.8. The summed E-state index contributed by atoms with van der Waals surface area (Å²) in [6.45, 7) is 5.67. The quantitative estimate of drug-likeness (QED) is 0.715. The van der Waals surface area contributed by atoms with Crippen molar-refractivity contribution in [1.29, 1.82) is 0 Å². The second kappa shape index (κ2) is 5.95. The van der Waals surface area contributed by atoms with E-state index >= 15 is 0 Å². The molecule has 1 saturated heterocycles. The van der Waals surface area contributed by atoms with Crippen LogP contribution in [0.5, 0.6) is 5.88 Å². The van der Waals surface area contributed by atoms with Gasteiger partial charge in [0.15, 0.2) is 0 Å². The normalized spacial score (nSPS) is 15.1. The van der Waals surface area contributed by atoms with E-state index in [1.54, 1.807) is 18.0 Å². The van der Waals surface area contributed by atoms with E-state index in [0.717, 1.165) is 48.9 Å². The van der Waals surface area contributed by atoms with Crippen molar-refractivity contribution in [3.05, 3.63) is 36.4 Å². The highest BCUT2D eigenvalue weighted by Gasteiger charge is 2.21. The van der Waals surface area contributed by atoms with E-state index in [0.29, 0.717) is 5.88 Å². The standard InChI is InChI=1S/C16H19N7O/c1-12-9-14(16-19-18-11-23(16)20-12)22-7-5-21(6-8-22)13-3-4-15(24-2)17-10-13/h3-4,9-11H,5-8H2,1-2H3. The lowest BCUT2D eigenvalue weighted by atomic mass is 10.2. The van der Waals surface area contributed by atoms with Gasteiger partial charge in [0.25, 0.3) is 0 Å². The molecule has 0 atom stereocenters. The van der Waals surface area contributed by atoms with Gasteiger partial charge in [-0.2, -0.15) is 9.61 Å². The van der Waals surface area contributed by atoms with E-state index in [9.17, 15) is 0 Å². The van der Waals surface area contributed by atoms with Gasteiger partial charge in [-0.3, -0.25) is 0 Å². The Morgan fingerprint density at radius 2 is 1.88 bits per heavy atom. The maximum absolute atomic E-state index is 5.12. The molecule has 8 heteroatoms. The summed E-state index contributed by atoms with van der Waals surface area (Å²) in [7, 11) is 1.63. The molecule has 124 valence electrons.